The smallest absolute Gasteiger partial charge is 0.335 e. The zero-order valence-corrected chi connectivity index (χ0v) is 22.0. The first-order valence-electron chi connectivity index (χ1n) is 13.9. The van der Waals surface area contributed by atoms with Gasteiger partial charge in [0.2, 0.25) is 0 Å². The van der Waals surface area contributed by atoms with Gasteiger partial charge in [0, 0.05) is 5.41 Å². The number of ether oxygens (including phenoxy) is 2. The van der Waals surface area contributed by atoms with Crippen molar-refractivity contribution in [3.63, 3.8) is 0 Å². The van der Waals surface area contributed by atoms with Gasteiger partial charge in [-0.2, -0.15) is 0 Å². The van der Waals surface area contributed by atoms with E-state index in [1.165, 1.54) is 0 Å². The van der Waals surface area contributed by atoms with E-state index in [2.05, 4.69) is 6.92 Å². The number of aliphatic hydroxyl groups excluding tert-OH is 5. The lowest BCUT2D eigenvalue weighted by molar-refractivity contribution is -0.293. The molecule has 0 spiro atoms. The van der Waals surface area contributed by atoms with Crippen molar-refractivity contribution in [1.29, 1.82) is 0 Å². The molecule has 5 rings (SSSR count). The molecule has 4 saturated carbocycles. The van der Waals surface area contributed by atoms with E-state index in [-0.39, 0.29) is 42.1 Å². The minimum atomic E-state index is -1.88. The zero-order valence-electron chi connectivity index (χ0n) is 22.0. The summed E-state index contributed by atoms with van der Waals surface area (Å²) >= 11 is 0. The van der Waals surface area contributed by atoms with Gasteiger partial charge in [-0.1, -0.05) is 13.8 Å². The van der Waals surface area contributed by atoms with Crippen LogP contribution in [0.3, 0.4) is 0 Å². The second kappa shape index (κ2) is 9.73. The topological polar surface area (TPSA) is 194 Å². The van der Waals surface area contributed by atoms with E-state index >= 15 is 0 Å². The van der Waals surface area contributed by atoms with E-state index in [4.69, 9.17) is 9.47 Å². The molecule has 1 heterocycles. The molecule has 0 radical (unpaired) electrons. The minimum Gasteiger partial charge on any atom is -0.479 e. The first-order chi connectivity index (χ1) is 17.7. The van der Waals surface area contributed by atoms with Gasteiger partial charge in [-0.05, 0) is 80.5 Å². The molecule has 0 aromatic carbocycles. The Kier molecular flexibility index (Phi) is 7.26. The van der Waals surface area contributed by atoms with Crippen molar-refractivity contribution >= 4 is 11.8 Å². The average Bonchev–Trinajstić information content (AvgIpc) is 3.13. The second-order valence-corrected chi connectivity index (χ2v) is 13.1. The molecule has 5 fully saturated rings. The quantitative estimate of drug-likeness (QED) is 0.238. The van der Waals surface area contributed by atoms with Gasteiger partial charge < -0.3 is 45.2 Å². The zero-order chi connectivity index (χ0) is 27.8. The third kappa shape index (κ3) is 4.08. The molecule has 216 valence electrons. The van der Waals surface area contributed by atoms with Crippen LogP contribution in [0.2, 0.25) is 0 Å². The van der Waals surface area contributed by atoms with Crippen LogP contribution in [0.4, 0.5) is 0 Å². The molecule has 0 aromatic rings. The van der Waals surface area contributed by atoms with Crippen LogP contribution in [0, 0.1) is 34.5 Å². The van der Waals surface area contributed by atoms with Crippen molar-refractivity contribution in [3.05, 3.63) is 0 Å². The highest BCUT2D eigenvalue weighted by Crippen LogP contribution is 2.68. The van der Waals surface area contributed by atoms with Gasteiger partial charge in [0.15, 0.2) is 18.2 Å². The van der Waals surface area contributed by atoms with Crippen molar-refractivity contribution in [2.24, 2.45) is 34.5 Å². The van der Waals surface area contributed by atoms with Gasteiger partial charge in [-0.25, -0.2) is 4.79 Å². The normalized spacial score (nSPS) is 54.5. The highest BCUT2D eigenvalue weighted by Gasteiger charge is 2.68. The van der Waals surface area contributed by atoms with E-state index < -0.39 is 66.2 Å². The standard InChI is InChI=1S/C27H42O11/c1-25-7-5-13(28)9-12(25)3-4-14-15-6-8-27(36,26(15,2)10-16(29)18(14)25)17(30)11-37-24-21(33)19(31)20(32)22(38-24)23(34)35/h12-16,18-22,24,28-29,31-33,36H,3-11H2,1-2H3,(H,34,35)/t12-,13+,14-,15-,16-,18+,19-,20-,21+,22-,24+,25-,26-,27-/m0/s1. The molecule has 7 N–H and O–H groups in total. The van der Waals surface area contributed by atoms with E-state index in [1.54, 1.807) is 0 Å². The monoisotopic (exact) mass is 542 g/mol. The molecule has 1 aliphatic heterocycles. The molecule has 0 aromatic heterocycles. The molecule has 0 unspecified atom stereocenters. The van der Waals surface area contributed by atoms with Crippen LogP contribution in [0.25, 0.3) is 0 Å². The Labute approximate surface area is 221 Å². The predicted octanol–water partition coefficient (Wildman–Crippen LogP) is -0.430. The van der Waals surface area contributed by atoms with E-state index in [1.807, 2.05) is 6.92 Å². The molecule has 1 saturated heterocycles. The lowest BCUT2D eigenvalue weighted by Crippen LogP contribution is -2.63. The van der Waals surface area contributed by atoms with E-state index in [0.717, 1.165) is 25.7 Å². The Balaban J connectivity index is 1.32. The molecule has 11 heteroatoms. The number of Topliss-reactive ketones (excluding diaryl/α,β-unsaturated/α-hetero) is 1. The Morgan fingerprint density at radius 1 is 0.947 bits per heavy atom. The fourth-order valence-electron chi connectivity index (χ4n) is 9.29. The lowest BCUT2D eigenvalue weighted by Gasteiger charge is -2.62. The number of rotatable bonds is 5. The first kappa shape index (κ1) is 28.4. The van der Waals surface area contributed by atoms with Crippen LogP contribution in [-0.4, -0.2) is 103 Å². The summed E-state index contributed by atoms with van der Waals surface area (Å²) in [7, 11) is 0. The van der Waals surface area contributed by atoms with Gasteiger partial charge >= 0.3 is 5.97 Å². The SMILES string of the molecule is C[C@]12CC[C@@H](O)C[C@@H]1CC[C@@H]1[C@@H]2[C@@H](O)C[C@@]2(C)[C@H]1CC[C@]2(O)C(=O)CO[C@@H]1O[C@H](C(=O)O)[C@@H](O)[C@H](O)[C@H]1O. The summed E-state index contributed by atoms with van der Waals surface area (Å²) in [6.45, 7) is 3.39. The van der Waals surface area contributed by atoms with Crippen LogP contribution < -0.4 is 0 Å². The maximum atomic E-state index is 13.5. The van der Waals surface area contributed by atoms with Gasteiger partial charge in [0.25, 0.3) is 0 Å². The fraction of sp³-hybridized carbons (Fsp3) is 0.926. The number of hydrogen-bond acceptors (Lipinski definition) is 10. The average molecular weight is 543 g/mol. The summed E-state index contributed by atoms with van der Waals surface area (Å²) < 4.78 is 10.5. The maximum Gasteiger partial charge on any atom is 0.335 e. The third-order valence-electron chi connectivity index (χ3n) is 11.4. The van der Waals surface area contributed by atoms with Crippen LogP contribution >= 0.6 is 0 Å². The van der Waals surface area contributed by atoms with Crippen LogP contribution in [0.15, 0.2) is 0 Å². The molecule has 38 heavy (non-hydrogen) atoms. The van der Waals surface area contributed by atoms with E-state index in [9.17, 15) is 45.3 Å². The summed E-state index contributed by atoms with van der Waals surface area (Å²) in [6, 6.07) is 0. The number of carbonyl (C=O) groups is 2. The molecule has 0 bridgehead atoms. The largest absolute Gasteiger partial charge is 0.479 e. The number of carboxylic acids is 1. The highest BCUT2D eigenvalue weighted by molar-refractivity contribution is 5.89. The number of carboxylic acid groups (broad SMARTS) is 1. The Morgan fingerprint density at radius 3 is 2.34 bits per heavy atom. The van der Waals surface area contributed by atoms with Crippen LogP contribution in [0.5, 0.6) is 0 Å². The summed E-state index contributed by atoms with van der Waals surface area (Å²) in [4.78, 5) is 24.8. The number of fused-ring (bicyclic) bond motifs is 5. The van der Waals surface area contributed by atoms with Gasteiger partial charge in [-0.3, -0.25) is 4.79 Å². The van der Waals surface area contributed by atoms with Crippen molar-refractivity contribution in [2.45, 2.75) is 114 Å². The number of ketones is 1. The Morgan fingerprint density at radius 2 is 1.66 bits per heavy atom. The molecule has 0 amide bonds. The summed E-state index contributed by atoms with van der Waals surface area (Å²) in [5.41, 5.74) is -2.80. The number of carbonyl (C=O) groups excluding carboxylic acids is 1. The van der Waals surface area contributed by atoms with E-state index in [0.29, 0.717) is 18.8 Å². The molecule has 4 aliphatic carbocycles. The molecule has 5 aliphatic rings. The molecule has 11 nitrogen and oxygen atoms in total. The number of aliphatic carboxylic acids is 1. The third-order valence-corrected chi connectivity index (χ3v) is 11.4. The first-order valence-corrected chi connectivity index (χ1v) is 13.9. The van der Waals surface area contributed by atoms with Crippen molar-refractivity contribution in [1.82, 2.24) is 0 Å². The summed E-state index contributed by atoms with van der Waals surface area (Å²) in [5.74, 6) is -1.69. The van der Waals surface area contributed by atoms with Crippen LogP contribution in [0.1, 0.15) is 65.2 Å². The Bertz CT molecular complexity index is 944. The van der Waals surface area contributed by atoms with Gasteiger partial charge in [-0.15, -0.1) is 0 Å². The molecular weight excluding hydrogens is 500 g/mol. The van der Waals surface area contributed by atoms with Crippen molar-refractivity contribution < 1.29 is 54.8 Å². The highest BCUT2D eigenvalue weighted by atomic mass is 16.7. The molecule has 14 atom stereocenters. The van der Waals surface area contributed by atoms with Gasteiger partial charge in [0.1, 0.15) is 30.5 Å². The van der Waals surface area contributed by atoms with Gasteiger partial charge in [0.05, 0.1) is 12.2 Å². The van der Waals surface area contributed by atoms with Crippen molar-refractivity contribution in [3.8, 4) is 0 Å². The Hall–Kier alpha value is -1.18. The fourth-order valence-corrected chi connectivity index (χ4v) is 9.29. The second-order valence-electron chi connectivity index (χ2n) is 13.1. The van der Waals surface area contributed by atoms with Crippen molar-refractivity contribution in [2.75, 3.05) is 6.61 Å². The summed E-state index contributed by atoms with van der Waals surface area (Å²) in [5, 5.41) is 72.9. The minimum absolute atomic E-state index is 0.0133. The van der Waals surface area contributed by atoms with Crippen LogP contribution in [-0.2, 0) is 19.1 Å². The maximum absolute atomic E-state index is 13.5. The molecular formula is C27H42O11. The summed E-state index contributed by atoms with van der Waals surface area (Å²) in [6.07, 6.45) is -4.90. The number of hydrogen-bond donors (Lipinski definition) is 7. The lowest BCUT2D eigenvalue weighted by atomic mass is 9.43. The predicted molar refractivity (Wildman–Crippen MR) is 129 cm³/mol. The number of aliphatic hydroxyl groups is 6.